The lowest BCUT2D eigenvalue weighted by Gasteiger charge is -2.03. The Kier molecular flexibility index (Phi) is 3.43. The molecule has 3 rings (SSSR count). The largest absolute Gasteiger partial charge is 0.508 e. The maximum Gasteiger partial charge on any atom is 0.118 e. The van der Waals surface area contributed by atoms with Gasteiger partial charge in [-0.3, -0.25) is 0 Å². The molecule has 2 aromatic carbocycles. The van der Waals surface area contributed by atoms with Crippen molar-refractivity contribution in [1.82, 2.24) is 0 Å². The molecule has 0 radical (unpaired) electrons. The Balaban J connectivity index is 1.99. The van der Waals surface area contributed by atoms with Gasteiger partial charge in [0.25, 0.3) is 0 Å². The topological polar surface area (TPSA) is 40.5 Å². The van der Waals surface area contributed by atoms with E-state index in [0.717, 1.165) is 22.3 Å². The van der Waals surface area contributed by atoms with Gasteiger partial charge < -0.3 is 10.2 Å². The number of phenols is 2. The van der Waals surface area contributed by atoms with Crippen molar-refractivity contribution in [3.8, 4) is 32.4 Å². The third-order valence-electron chi connectivity index (χ3n) is 3.57. The van der Waals surface area contributed by atoms with Crippen LogP contribution in [0, 0.1) is 13.8 Å². The Morgan fingerprint density at radius 3 is 1.48 bits per heavy atom. The van der Waals surface area contributed by atoms with Crippen LogP contribution in [0.2, 0.25) is 0 Å². The molecule has 2 N–H and O–H groups in total. The van der Waals surface area contributed by atoms with Gasteiger partial charge in [-0.15, -0.1) is 11.3 Å². The van der Waals surface area contributed by atoms with E-state index in [1.54, 1.807) is 23.5 Å². The number of hydrogen-bond acceptors (Lipinski definition) is 3. The molecule has 3 aromatic rings. The van der Waals surface area contributed by atoms with Crippen molar-refractivity contribution in [3.05, 3.63) is 59.7 Å². The van der Waals surface area contributed by atoms with E-state index in [4.69, 9.17) is 0 Å². The van der Waals surface area contributed by atoms with Gasteiger partial charge >= 0.3 is 0 Å². The van der Waals surface area contributed by atoms with E-state index in [1.165, 1.54) is 9.75 Å². The predicted molar refractivity (Wildman–Crippen MR) is 88.0 cm³/mol. The van der Waals surface area contributed by atoms with Crippen molar-refractivity contribution >= 4 is 11.3 Å². The van der Waals surface area contributed by atoms with Crippen LogP contribution in [0.25, 0.3) is 20.9 Å². The number of thiophene rings is 1. The average Bonchev–Trinajstić information content (AvgIpc) is 2.94. The van der Waals surface area contributed by atoms with Crippen LogP contribution in [-0.2, 0) is 0 Å². The SMILES string of the molecule is Cc1cc(-c2ccc(-c3ccc(O)c(C)c3)s2)ccc1O. The molecular formula is C18H16O2S. The van der Waals surface area contributed by atoms with Crippen molar-refractivity contribution in [1.29, 1.82) is 0 Å². The maximum atomic E-state index is 9.61. The van der Waals surface area contributed by atoms with E-state index in [-0.39, 0.29) is 0 Å². The van der Waals surface area contributed by atoms with Crippen LogP contribution in [0.1, 0.15) is 11.1 Å². The van der Waals surface area contributed by atoms with E-state index in [1.807, 2.05) is 38.1 Å². The average molecular weight is 296 g/mol. The molecule has 0 amide bonds. The van der Waals surface area contributed by atoms with Gasteiger partial charge in [-0.2, -0.15) is 0 Å². The summed E-state index contributed by atoms with van der Waals surface area (Å²) < 4.78 is 0. The molecule has 0 aliphatic heterocycles. The number of hydrogen-bond donors (Lipinski definition) is 2. The summed E-state index contributed by atoms with van der Waals surface area (Å²) in [5.41, 5.74) is 3.97. The summed E-state index contributed by atoms with van der Waals surface area (Å²) in [6.45, 7) is 3.80. The minimum atomic E-state index is 0.324. The third kappa shape index (κ3) is 2.65. The van der Waals surface area contributed by atoms with Crippen molar-refractivity contribution in [2.45, 2.75) is 13.8 Å². The van der Waals surface area contributed by atoms with Crippen LogP contribution < -0.4 is 0 Å². The van der Waals surface area contributed by atoms with Gasteiger partial charge in [0.2, 0.25) is 0 Å². The van der Waals surface area contributed by atoms with Crippen LogP contribution in [0.4, 0.5) is 0 Å². The highest BCUT2D eigenvalue weighted by Gasteiger charge is 2.07. The van der Waals surface area contributed by atoms with Gasteiger partial charge in [-0.1, -0.05) is 0 Å². The lowest BCUT2D eigenvalue weighted by atomic mass is 10.1. The first kappa shape index (κ1) is 13.7. The molecule has 0 aliphatic carbocycles. The second-order valence-corrected chi connectivity index (χ2v) is 6.25. The number of aromatic hydroxyl groups is 2. The number of rotatable bonds is 2. The van der Waals surface area contributed by atoms with E-state index < -0.39 is 0 Å². The predicted octanol–water partition coefficient (Wildman–Crippen LogP) is 5.11. The van der Waals surface area contributed by atoms with Gasteiger partial charge in [0.15, 0.2) is 0 Å². The molecule has 0 fully saturated rings. The highest BCUT2D eigenvalue weighted by Crippen LogP contribution is 2.36. The molecule has 0 atom stereocenters. The van der Waals surface area contributed by atoms with Crippen molar-refractivity contribution < 1.29 is 10.2 Å². The highest BCUT2D eigenvalue weighted by atomic mass is 32.1. The van der Waals surface area contributed by atoms with Crippen LogP contribution in [0.5, 0.6) is 11.5 Å². The van der Waals surface area contributed by atoms with Crippen molar-refractivity contribution in [2.75, 3.05) is 0 Å². The fourth-order valence-electron chi connectivity index (χ4n) is 2.27. The summed E-state index contributed by atoms with van der Waals surface area (Å²) in [6, 6.07) is 15.5. The summed E-state index contributed by atoms with van der Waals surface area (Å²) in [4.78, 5) is 2.33. The zero-order valence-corrected chi connectivity index (χ0v) is 12.7. The van der Waals surface area contributed by atoms with Crippen LogP contribution in [0.15, 0.2) is 48.5 Å². The zero-order chi connectivity index (χ0) is 15.0. The van der Waals surface area contributed by atoms with Gasteiger partial charge in [-0.25, -0.2) is 0 Å². The van der Waals surface area contributed by atoms with E-state index >= 15 is 0 Å². The van der Waals surface area contributed by atoms with E-state index in [2.05, 4.69) is 12.1 Å². The molecule has 1 heterocycles. The van der Waals surface area contributed by atoms with Crippen LogP contribution >= 0.6 is 11.3 Å². The minimum absolute atomic E-state index is 0.324. The molecule has 2 nitrogen and oxygen atoms in total. The van der Waals surface area contributed by atoms with Gasteiger partial charge in [0.1, 0.15) is 11.5 Å². The summed E-state index contributed by atoms with van der Waals surface area (Å²) >= 11 is 1.70. The molecular weight excluding hydrogens is 280 g/mol. The Labute approximate surface area is 128 Å². The quantitative estimate of drug-likeness (QED) is 0.690. The molecule has 0 saturated carbocycles. The lowest BCUT2D eigenvalue weighted by molar-refractivity contribution is 0.471. The molecule has 0 bridgehead atoms. The van der Waals surface area contributed by atoms with E-state index in [9.17, 15) is 10.2 Å². The molecule has 106 valence electrons. The van der Waals surface area contributed by atoms with E-state index in [0.29, 0.717) is 11.5 Å². The first-order valence-corrected chi connectivity index (χ1v) is 7.56. The monoisotopic (exact) mass is 296 g/mol. The third-order valence-corrected chi connectivity index (χ3v) is 4.75. The molecule has 1 aromatic heterocycles. The standard InChI is InChI=1S/C18H16O2S/c1-11-9-13(3-5-15(11)19)17-7-8-18(21-17)14-4-6-16(20)12(2)10-14/h3-10,19-20H,1-2H3. The Morgan fingerprint density at radius 2 is 1.10 bits per heavy atom. The Morgan fingerprint density at radius 1 is 0.667 bits per heavy atom. The van der Waals surface area contributed by atoms with Crippen molar-refractivity contribution in [2.24, 2.45) is 0 Å². The summed E-state index contributed by atoms with van der Waals surface area (Å²) in [5.74, 6) is 0.648. The zero-order valence-electron chi connectivity index (χ0n) is 11.9. The molecule has 0 saturated heterocycles. The first-order valence-electron chi connectivity index (χ1n) is 6.74. The molecule has 0 aliphatic rings. The molecule has 0 unspecified atom stereocenters. The fourth-order valence-corrected chi connectivity index (χ4v) is 3.26. The molecule has 21 heavy (non-hydrogen) atoms. The molecule has 0 spiro atoms. The van der Waals surface area contributed by atoms with Gasteiger partial charge in [0, 0.05) is 9.75 Å². The van der Waals surface area contributed by atoms with Crippen molar-refractivity contribution in [3.63, 3.8) is 0 Å². The number of aryl methyl sites for hydroxylation is 2. The fraction of sp³-hybridized carbons (Fsp3) is 0.111. The smallest absolute Gasteiger partial charge is 0.118 e. The Bertz CT molecular complexity index is 737. The van der Waals surface area contributed by atoms with Gasteiger partial charge in [-0.05, 0) is 84.6 Å². The van der Waals surface area contributed by atoms with Crippen LogP contribution in [0.3, 0.4) is 0 Å². The summed E-state index contributed by atoms with van der Waals surface area (Å²) in [6.07, 6.45) is 0. The second kappa shape index (κ2) is 5.26. The van der Waals surface area contributed by atoms with Gasteiger partial charge in [0.05, 0.1) is 0 Å². The normalized spacial score (nSPS) is 10.8. The number of benzene rings is 2. The first-order chi connectivity index (χ1) is 10.0. The highest BCUT2D eigenvalue weighted by molar-refractivity contribution is 7.18. The summed E-state index contributed by atoms with van der Waals surface area (Å²) in [5, 5.41) is 19.2. The lowest BCUT2D eigenvalue weighted by Crippen LogP contribution is -1.77. The summed E-state index contributed by atoms with van der Waals surface area (Å²) in [7, 11) is 0. The second-order valence-electron chi connectivity index (χ2n) is 5.17. The maximum absolute atomic E-state index is 9.61. The Hall–Kier alpha value is -2.26. The number of phenolic OH excluding ortho intramolecular Hbond substituents is 2. The molecule has 3 heteroatoms. The minimum Gasteiger partial charge on any atom is -0.508 e. The van der Waals surface area contributed by atoms with Crippen LogP contribution in [-0.4, -0.2) is 10.2 Å².